The molecule has 4 aromatic rings. The number of halogens is 1. The van der Waals surface area contributed by atoms with Crippen LogP contribution in [0.25, 0.3) is 0 Å². The third-order valence-corrected chi connectivity index (χ3v) is 7.11. The molecular formula is C33H31FN4O3. The Morgan fingerprint density at radius 3 is 2.12 bits per heavy atom. The quantitative estimate of drug-likeness (QED) is 0.339. The fourth-order valence-electron chi connectivity index (χ4n) is 4.94. The number of nitrogens with zero attached hydrogens (tertiary/aromatic N) is 3. The average molecular weight is 551 g/mol. The van der Waals surface area contributed by atoms with E-state index in [4.69, 9.17) is 0 Å². The number of carbonyl (C=O) groups excluding carboxylic acids is 3. The predicted octanol–water partition coefficient (Wildman–Crippen LogP) is 5.31. The zero-order chi connectivity index (χ0) is 28.8. The van der Waals surface area contributed by atoms with E-state index in [1.54, 1.807) is 59.3 Å². The van der Waals surface area contributed by atoms with Gasteiger partial charge in [0.2, 0.25) is 0 Å². The van der Waals surface area contributed by atoms with E-state index in [0.29, 0.717) is 55.1 Å². The van der Waals surface area contributed by atoms with Gasteiger partial charge in [-0.1, -0.05) is 54.6 Å². The topological polar surface area (TPSA) is 73.0 Å². The van der Waals surface area contributed by atoms with Crippen molar-refractivity contribution in [2.45, 2.75) is 6.54 Å². The van der Waals surface area contributed by atoms with Crippen LogP contribution in [0.15, 0.2) is 103 Å². The Hall–Kier alpha value is -4.98. The second-order valence-corrected chi connectivity index (χ2v) is 9.99. The third-order valence-electron chi connectivity index (χ3n) is 7.11. The number of rotatable bonds is 7. The van der Waals surface area contributed by atoms with Crippen molar-refractivity contribution in [1.82, 2.24) is 9.80 Å². The SMILES string of the molecule is CN(Cc1ccccc1)C(=O)c1cc(NC(=O)c2ccccc2)ccc1N1CCN(C(=O)c2cccc(F)c2)CC1. The molecule has 3 amide bonds. The molecule has 41 heavy (non-hydrogen) atoms. The first-order valence-electron chi connectivity index (χ1n) is 13.5. The first-order valence-corrected chi connectivity index (χ1v) is 13.5. The van der Waals surface area contributed by atoms with Crippen molar-refractivity contribution in [3.05, 3.63) is 131 Å². The minimum atomic E-state index is -0.447. The zero-order valence-electron chi connectivity index (χ0n) is 22.8. The molecule has 5 rings (SSSR count). The number of nitrogens with one attached hydrogen (secondary N) is 1. The molecule has 1 N–H and O–H groups in total. The van der Waals surface area contributed by atoms with E-state index in [1.165, 1.54) is 18.2 Å². The molecule has 1 saturated heterocycles. The Balaban J connectivity index is 1.37. The van der Waals surface area contributed by atoms with E-state index in [1.807, 2.05) is 42.5 Å². The monoisotopic (exact) mass is 550 g/mol. The minimum Gasteiger partial charge on any atom is -0.367 e. The molecule has 8 heteroatoms. The first-order chi connectivity index (χ1) is 19.9. The van der Waals surface area contributed by atoms with Gasteiger partial charge in [-0.3, -0.25) is 14.4 Å². The summed E-state index contributed by atoms with van der Waals surface area (Å²) in [4.78, 5) is 45.0. The predicted molar refractivity (Wildman–Crippen MR) is 158 cm³/mol. The maximum Gasteiger partial charge on any atom is 0.256 e. The van der Waals surface area contributed by atoms with Crippen molar-refractivity contribution >= 4 is 29.1 Å². The van der Waals surface area contributed by atoms with Crippen LogP contribution in [0.1, 0.15) is 36.6 Å². The van der Waals surface area contributed by atoms with Crippen LogP contribution in [0.3, 0.4) is 0 Å². The molecule has 0 saturated carbocycles. The van der Waals surface area contributed by atoms with Crippen LogP contribution < -0.4 is 10.2 Å². The number of hydrogen-bond donors (Lipinski definition) is 1. The largest absolute Gasteiger partial charge is 0.367 e. The molecule has 0 radical (unpaired) electrons. The van der Waals surface area contributed by atoms with Crippen LogP contribution in [0.4, 0.5) is 15.8 Å². The van der Waals surface area contributed by atoms with Gasteiger partial charge in [-0.15, -0.1) is 0 Å². The summed E-state index contributed by atoms with van der Waals surface area (Å²) in [5.74, 6) is -1.12. The van der Waals surface area contributed by atoms with Crippen molar-refractivity contribution in [1.29, 1.82) is 0 Å². The Bertz CT molecular complexity index is 1540. The maximum absolute atomic E-state index is 13.8. The van der Waals surface area contributed by atoms with Crippen molar-refractivity contribution in [2.75, 3.05) is 43.4 Å². The second-order valence-electron chi connectivity index (χ2n) is 9.99. The van der Waals surface area contributed by atoms with Crippen LogP contribution in [-0.2, 0) is 6.54 Å². The number of piperazine rings is 1. The molecule has 0 atom stereocenters. The lowest BCUT2D eigenvalue weighted by atomic mass is 10.1. The Morgan fingerprint density at radius 2 is 1.44 bits per heavy atom. The minimum absolute atomic E-state index is 0.182. The molecule has 0 unspecified atom stereocenters. The molecule has 1 fully saturated rings. The lowest BCUT2D eigenvalue weighted by molar-refractivity contribution is 0.0742. The lowest BCUT2D eigenvalue weighted by Crippen LogP contribution is -2.49. The van der Waals surface area contributed by atoms with Gasteiger partial charge in [0.15, 0.2) is 0 Å². The van der Waals surface area contributed by atoms with E-state index >= 15 is 0 Å². The average Bonchev–Trinajstić information content (AvgIpc) is 3.01. The summed E-state index contributed by atoms with van der Waals surface area (Å²) < 4.78 is 13.7. The van der Waals surface area contributed by atoms with Crippen LogP contribution in [0.5, 0.6) is 0 Å². The summed E-state index contributed by atoms with van der Waals surface area (Å²) in [6, 6.07) is 29.7. The van der Waals surface area contributed by atoms with Gasteiger partial charge in [0, 0.05) is 62.3 Å². The number of amides is 3. The maximum atomic E-state index is 13.8. The van der Waals surface area contributed by atoms with E-state index in [-0.39, 0.29) is 17.7 Å². The standard InChI is InChI=1S/C33H31FN4O3/c1-36(23-24-9-4-2-5-10-24)33(41)29-22-28(35-31(39)25-11-6-3-7-12-25)15-16-30(29)37-17-19-38(20-18-37)32(40)26-13-8-14-27(34)21-26/h2-16,21-22H,17-20,23H2,1H3,(H,35,39). The van der Waals surface area contributed by atoms with Crippen molar-refractivity contribution < 1.29 is 18.8 Å². The smallest absolute Gasteiger partial charge is 0.256 e. The van der Waals surface area contributed by atoms with Gasteiger partial charge < -0.3 is 20.0 Å². The fourth-order valence-corrected chi connectivity index (χ4v) is 4.94. The van der Waals surface area contributed by atoms with Gasteiger partial charge in [0.1, 0.15) is 5.82 Å². The fraction of sp³-hybridized carbons (Fsp3) is 0.182. The van der Waals surface area contributed by atoms with Gasteiger partial charge in [-0.2, -0.15) is 0 Å². The Labute approximate surface area is 238 Å². The molecular weight excluding hydrogens is 519 g/mol. The van der Waals surface area contributed by atoms with Gasteiger partial charge >= 0.3 is 0 Å². The van der Waals surface area contributed by atoms with Gasteiger partial charge in [0.05, 0.1) is 5.56 Å². The number of benzene rings is 4. The highest BCUT2D eigenvalue weighted by molar-refractivity contribution is 6.06. The van der Waals surface area contributed by atoms with Crippen molar-refractivity contribution in [2.24, 2.45) is 0 Å². The van der Waals surface area contributed by atoms with Crippen LogP contribution >= 0.6 is 0 Å². The van der Waals surface area contributed by atoms with E-state index in [9.17, 15) is 18.8 Å². The zero-order valence-corrected chi connectivity index (χ0v) is 22.8. The molecule has 4 aromatic carbocycles. The van der Waals surface area contributed by atoms with Gasteiger partial charge in [-0.25, -0.2) is 4.39 Å². The summed E-state index contributed by atoms with van der Waals surface area (Å²) in [7, 11) is 1.75. The molecule has 0 bridgehead atoms. The normalized spacial score (nSPS) is 13.0. The van der Waals surface area contributed by atoms with Gasteiger partial charge in [0.25, 0.3) is 17.7 Å². The molecule has 0 aliphatic carbocycles. The lowest BCUT2D eigenvalue weighted by Gasteiger charge is -2.37. The molecule has 7 nitrogen and oxygen atoms in total. The van der Waals surface area contributed by atoms with Gasteiger partial charge in [-0.05, 0) is 54.1 Å². The second kappa shape index (κ2) is 12.5. The number of anilines is 2. The highest BCUT2D eigenvalue weighted by Crippen LogP contribution is 2.28. The Morgan fingerprint density at radius 1 is 0.780 bits per heavy atom. The molecule has 0 aromatic heterocycles. The summed E-state index contributed by atoms with van der Waals surface area (Å²) in [5, 5.41) is 2.91. The molecule has 208 valence electrons. The summed E-state index contributed by atoms with van der Waals surface area (Å²) >= 11 is 0. The summed E-state index contributed by atoms with van der Waals surface area (Å²) in [6.07, 6.45) is 0. The van der Waals surface area contributed by atoms with E-state index in [0.717, 1.165) is 11.3 Å². The molecule has 1 heterocycles. The van der Waals surface area contributed by atoms with E-state index in [2.05, 4.69) is 10.2 Å². The van der Waals surface area contributed by atoms with Crippen molar-refractivity contribution in [3.63, 3.8) is 0 Å². The summed E-state index contributed by atoms with van der Waals surface area (Å²) in [5.41, 5.74) is 3.53. The van der Waals surface area contributed by atoms with Crippen LogP contribution in [0.2, 0.25) is 0 Å². The van der Waals surface area contributed by atoms with Crippen LogP contribution in [-0.4, -0.2) is 60.7 Å². The number of carbonyl (C=O) groups is 3. The van der Waals surface area contributed by atoms with E-state index < -0.39 is 5.82 Å². The van der Waals surface area contributed by atoms with Crippen LogP contribution in [0, 0.1) is 5.82 Å². The Kier molecular flexibility index (Phi) is 8.39. The molecule has 0 spiro atoms. The summed E-state index contributed by atoms with van der Waals surface area (Å²) in [6.45, 7) is 2.28. The molecule has 1 aliphatic heterocycles. The third kappa shape index (κ3) is 6.61. The highest BCUT2D eigenvalue weighted by Gasteiger charge is 2.26. The first kappa shape index (κ1) is 27.6. The number of hydrogen-bond acceptors (Lipinski definition) is 4. The highest BCUT2D eigenvalue weighted by atomic mass is 19.1. The molecule has 1 aliphatic rings. The van der Waals surface area contributed by atoms with Crippen molar-refractivity contribution in [3.8, 4) is 0 Å².